The molecule has 5 rings (SSSR count). The normalized spacial score (nSPS) is 31.1. The number of ether oxygens (including phenoxy) is 2. The van der Waals surface area contributed by atoms with Gasteiger partial charge in [0.15, 0.2) is 11.5 Å². The largest absolute Gasteiger partial charge is 1.00 e. The summed E-state index contributed by atoms with van der Waals surface area (Å²) in [5.74, 6) is 1.68. The zero-order chi connectivity index (χ0) is 20.2. The van der Waals surface area contributed by atoms with Gasteiger partial charge in [-0.1, -0.05) is 40.2 Å². The van der Waals surface area contributed by atoms with Crippen LogP contribution in [0.25, 0.3) is 0 Å². The second kappa shape index (κ2) is 7.97. The molecule has 0 aromatic heterocycles. The van der Waals surface area contributed by atoms with Crippen molar-refractivity contribution in [1.29, 1.82) is 0 Å². The second-order valence-corrected chi connectivity index (χ2v) is 9.89. The molecule has 2 aliphatic heterocycles. The van der Waals surface area contributed by atoms with Gasteiger partial charge in [0.05, 0.1) is 32.2 Å². The molecule has 2 aromatic carbocycles. The standard InChI is InChI=1S/C24H27BrNO3.BrH/c1-26(14-16-3-6-18(25)7-4-16)12-11-24-10-9-19(27)13-21(24)29-23-20(28-2)8-5-17(15-26)22(23)24;/h3-10,19,21,27H,11-15H2,1-2H3;1H/q+1;/p-1/t19-,21-,24-,26?;/m0./s1. The van der Waals surface area contributed by atoms with E-state index in [2.05, 4.69) is 59.4 Å². The number of aliphatic hydroxyl groups excluding tert-OH is 1. The van der Waals surface area contributed by atoms with Crippen LogP contribution >= 0.6 is 15.9 Å². The van der Waals surface area contributed by atoms with Gasteiger partial charge in [0.2, 0.25) is 0 Å². The minimum Gasteiger partial charge on any atom is -1.00 e. The first-order valence-electron chi connectivity index (χ1n) is 10.2. The molecule has 0 saturated carbocycles. The molecule has 160 valence electrons. The molecule has 1 aliphatic carbocycles. The third-order valence-electron chi connectivity index (χ3n) is 6.89. The van der Waals surface area contributed by atoms with Crippen molar-refractivity contribution in [3.8, 4) is 11.5 Å². The van der Waals surface area contributed by atoms with E-state index in [1.54, 1.807) is 7.11 Å². The Hall–Kier alpha value is -1.34. The van der Waals surface area contributed by atoms with Crippen molar-refractivity contribution in [2.75, 3.05) is 20.7 Å². The fraction of sp³-hybridized carbons (Fsp3) is 0.417. The van der Waals surface area contributed by atoms with E-state index in [4.69, 9.17) is 9.47 Å². The van der Waals surface area contributed by atoms with E-state index in [0.717, 1.165) is 46.5 Å². The third-order valence-corrected chi connectivity index (χ3v) is 7.42. The van der Waals surface area contributed by atoms with Crippen LogP contribution < -0.4 is 26.5 Å². The first kappa shape index (κ1) is 21.9. The van der Waals surface area contributed by atoms with Crippen LogP contribution in [-0.4, -0.2) is 42.5 Å². The molecule has 1 spiro atoms. The highest BCUT2D eigenvalue weighted by molar-refractivity contribution is 9.10. The number of aliphatic hydroxyl groups is 1. The van der Waals surface area contributed by atoms with Crippen LogP contribution in [-0.2, 0) is 18.5 Å². The topological polar surface area (TPSA) is 38.7 Å². The summed E-state index contributed by atoms with van der Waals surface area (Å²) < 4.78 is 14.1. The fourth-order valence-corrected chi connectivity index (χ4v) is 5.71. The molecule has 0 saturated heterocycles. The monoisotopic (exact) mass is 535 g/mol. The lowest BCUT2D eigenvalue weighted by Gasteiger charge is -2.37. The van der Waals surface area contributed by atoms with Crippen LogP contribution in [0.4, 0.5) is 0 Å². The van der Waals surface area contributed by atoms with Crippen LogP contribution in [0.15, 0.2) is 53.0 Å². The van der Waals surface area contributed by atoms with Gasteiger partial charge in [-0.3, -0.25) is 0 Å². The van der Waals surface area contributed by atoms with Gasteiger partial charge in [0, 0.05) is 34.0 Å². The molecule has 2 aromatic rings. The summed E-state index contributed by atoms with van der Waals surface area (Å²) >= 11 is 3.54. The SMILES string of the molecule is COc1ccc2c3c1O[C@H]1C[C@@H](O)C=C[C@@]31CC[N+](C)(Cc1ccc(Br)cc1)C2.[Br-]. The average molecular weight is 537 g/mol. The van der Waals surface area contributed by atoms with Gasteiger partial charge in [0.25, 0.3) is 0 Å². The number of methoxy groups -OCH3 is 1. The summed E-state index contributed by atoms with van der Waals surface area (Å²) in [6.45, 7) is 2.99. The molecule has 2 heterocycles. The van der Waals surface area contributed by atoms with E-state index in [1.807, 2.05) is 12.1 Å². The summed E-state index contributed by atoms with van der Waals surface area (Å²) in [5.41, 5.74) is 3.79. The van der Waals surface area contributed by atoms with E-state index >= 15 is 0 Å². The molecule has 0 radical (unpaired) electrons. The summed E-state index contributed by atoms with van der Waals surface area (Å²) in [6, 6.07) is 12.9. The van der Waals surface area contributed by atoms with Gasteiger partial charge in [0.1, 0.15) is 19.2 Å². The van der Waals surface area contributed by atoms with Crippen molar-refractivity contribution < 1.29 is 36.0 Å². The quantitative estimate of drug-likeness (QED) is 0.475. The Morgan fingerprint density at radius 2 is 2.00 bits per heavy atom. The van der Waals surface area contributed by atoms with Gasteiger partial charge in [-0.05, 0) is 24.3 Å². The van der Waals surface area contributed by atoms with Crippen molar-refractivity contribution >= 4 is 15.9 Å². The molecule has 0 fully saturated rings. The molecule has 1 unspecified atom stereocenters. The minimum atomic E-state index is -0.443. The second-order valence-electron chi connectivity index (χ2n) is 8.98. The Kier molecular flexibility index (Phi) is 5.81. The van der Waals surface area contributed by atoms with Crippen molar-refractivity contribution in [3.63, 3.8) is 0 Å². The molecule has 4 nitrogen and oxygen atoms in total. The number of rotatable bonds is 3. The van der Waals surface area contributed by atoms with Crippen molar-refractivity contribution in [2.45, 2.75) is 43.6 Å². The number of nitrogens with zero attached hydrogens (tertiary/aromatic N) is 1. The number of quaternary nitrogens is 1. The van der Waals surface area contributed by atoms with Crippen LogP contribution in [0, 0.1) is 0 Å². The zero-order valence-corrected chi connectivity index (χ0v) is 20.4. The highest BCUT2D eigenvalue weighted by Crippen LogP contribution is 2.56. The first-order chi connectivity index (χ1) is 13.9. The lowest BCUT2D eigenvalue weighted by Crippen LogP contribution is -3.00. The average Bonchev–Trinajstić information content (AvgIpc) is 2.97. The number of benzene rings is 2. The Bertz CT molecular complexity index is 977. The number of hydrogen-bond acceptors (Lipinski definition) is 3. The Morgan fingerprint density at radius 3 is 2.73 bits per heavy atom. The van der Waals surface area contributed by atoms with Crippen molar-refractivity contribution in [1.82, 2.24) is 0 Å². The summed E-state index contributed by atoms with van der Waals surface area (Å²) in [5, 5.41) is 10.2. The van der Waals surface area contributed by atoms with Gasteiger partial charge in [-0.15, -0.1) is 0 Å². The molecular formula is C24H27Br2NO3. The molecule has 6 heteroatoms. The van der Waals surface area contributed by atoms with E-state index in [-0.39, 0.29) is 28.5 Å². The van der Waals surface area contributed by atoms with Crippen LogP contribution in [0.1, 0.15) is 29.5 Å². The summed E-state index contributed by atoms with van der Waals surface area (Å²) in [4.78, 5) is 0. The van der Waals surface area contributed by atoms with E-state index in [9.17, 15) is 5.11 Å². The van der Waals surface area contributed by atoms with Crippen molar-refractivity contribution in [2.24, 2.45) is 0 Å². The molecule has 3 aliphatic rings. The maximum atomic E-state index is 10.2. The summed E-state index contributed by atoms with van der Waals surface area (Å²) in [7, 11) is 4.05. The van der Waals surface area contributed by atoms with Gasteiger partial charge < -0.3 is 36.0 Å². The molecule has 0 amide bonds. The highest BCUT2D eigenvalue weighted by Gasteiger charge is 2.54. The van der Waals surface area contributed by atoms with Crippen LogP contribution in [0.2, 0.25) is 0 Å². The number of halogens is 2. The van der Waals surface area contributed by atoms with E-state index in [1.165, 1.54) is 16.7 Å². The molecule has 30 heavy (non-hydrogen) atoms. The third kappa shape index (κ3) is 3.52. The van der Waals surface area contributed by atoms with Crippen molar-refractivity contribution in [3.05, 3.63) is 69.7 Å². The maximum Gasteiger partial charge on any atom is 0.166 e. The molecule has 0 bridgehead atoms. The van der Waals surface area contributed by atoms with Crippen LogP contribution in [0.3, 0.4) is 0 Å². The fourth-order valence-electron chi connectivity index (χ4n) is 5.44. The van der Waals surface area contributed by atoms with Crippen LogP contribution in [0.5, 0.6) is 11.5 Å². The lowest BCUT2D eigenvalue weighted by molar-refractivity contribution is -0.935. The van der Waals surface area contributed by atoms with Gasteiger partial charge in [-0.2, -0.15) is 0 Å². The smallest absolute Gasteiger partial charge is 0.166 e. The summed E-state index contributed by atoms with van der Waals surface area (Å²) in [6.07, 6.45) is 5.33. The van der Waals surface area contributed by atoms with Gasteiger partial charge >= 0.3 is 0 Å². The predicted octanol–water partition coefficient (Wildman–Crippen LogP) is 1.33. The Morgan fingerprint density at radius 1 is 1.23 bits per heavy atom. The molecule has 4 atom stereocenters. The van der Waals surface area contributed by atoms with Gasteiger partial charge in [-0.25, -0.2) is 0 Å². The Labute approximate surface area is 197 Å². The van der Waals surface area contributed by atoms with E-state index in [0.29, 0.717) is 6.42 Å². The lowest BCUT2D eigenvalue weighted by atomic mass is 9.69. The zero-order valence-electron chi connectivity index (χ0n) is 17.3. The minimum absolute atomic E-state index is 0. The maximum absolute atomic E-state index is 10.2. The molecular weight excluding hydrogens is 510 g/mol. The number of hydrogen-bond donors (Lipinski definition) is 1. The van der Waals surface area contributed by atoms with E-state index < -0.39 is 6.10 Å². The molecule has 1 N–H and O–H groups in total. The predicted molar refractivity (Wildman–Crippen MR) is 116 cm³/mol. The Balaban J connectivity index is 0.00000218. The first-order valence-corrected chi connectivity index (χ1v) is 11.0. The highest BCUT2D eigenvalue weighted by atomic mass is 79.9.